The molecular weight excluding hydrogens is 284 g/mol. The normalized spacial score (nSPS) is 22.0. The monoisotopic (exact) mass is 316 g/mol. The minimum atomic E-state index is -0.104. The zero-order valence-corrected chi connectivity index (χ0v) is 14.5. The van der Waals surface area contributed by atoms with E-state index in [0.717, 1.165) is 30.8 Å². The summed E-state index contributed by atoms with van der Waals surface area (Å²) in [6, 6.07) is 8.08. The van der Waals surface area contributed by atoms with E-state index >= 15 is 0 Å². The summed E-state index contributed by atoms with van der Waals surface area (Å²) in [5.41, 5.74) is 1.12. The Morgan fingerprint density at radius 3 is 2.00 bits per heavy atom. The minimum Gasteiger partial charge on any atom is -0.465 e. The van der Waals surface area contributed by atoms with Gasteiger partial charge in [0.15, 0.2) is 6.29 Å². The topological polar surface area (TPSA) is 18.5 Å². The van der Waals surface area contributed by atoms with Gasteiger partial charge in [0.2, 0.25) is 0 Å². The average molecular weight is 316 g/mol. The van der Waals surface area contributed by atoms with Crippen LogP contribution in [0.25, 0.3) is 6.08 Å². The minimum absolute atomic E-state index is 0.104. The predicted molar refractivity (Wildman–Crippen MR) is 97.7 cm³/mol. The Hall–Kier alpha value is -1.28. The van der Waals surface area contributed by atoms with E-state index in [2.05, 4.69) is 6.58 Å². The van der Waals surface area contributed by atoms with Crippen molar-refractivity contribution in [2.75, 3.05) is 6.61 Å². The molecule has 2 heteroatoms. The summed E-state index contributed by atoms with van der Waals surface area (Å²) in [4.78, 5) is 0. The van der Waals surface area contributed by atoms with Crippen molar-refractivity contribution >= 4 is 6.08 Å². The van der Waals surface area contributed by atoms with E-state index < -0.39 is 0 Å². The molecule has 0 amide bonds. The summed E-state index contributed by atoms with van der Waals surface area (Å²) in [5, 5.41) is 0. The first-order chi connectivity index (χ1) is 11.4. The highest BCUT2D eigenvalue weighted by atomic mass is 16.7. The van der Waals surface area contributed by atoms with Crippen molar-refractivity contribution in [3.8, 4) is 5.75 Å². The SMILES string of the molecule is C=Cc1ccc(OC2CCCCCCCCCCCCO2)cc1. The molecule has 0 aliphatic carbocycles. The predicted octanol–water partition coefficient (Wildman–Crippen LogP) is 6.36. The van der Waals surface area contributed by atoms with E-state index in [-0.39, 0.29) is 6.29 Å². The fourth-order valence-electron chi connectivity index (χ4n) is 3.05. The second kappa shape index (κ2) is 11.3. The van der Waals surface area contributed by atoms with Crippen molar-refractivity contribution < 1.29 is 9.47 Å². The largest absolute Gasteiger partial charge is 0.465 e. The first kappa shape index (κ1) is 18.1. The van der Waals surface area contributed by atoms with Crippen molar-refractivity contribution in [3.63, 3.8) is 0 Å². The van der Waals surface area contributed by atoms with Crippen LogP contribution in [0.3, 0.4) is 0 Å². The Bertz CT molecular complexity index is 410. The maximum Gasteiger partial charge on any atom is 0.199 e. The number of ether oxygens (including phenoxy) is 2. The van der Waals surface area contributed by atoms with Crippen LogP contribution in [0, 0.1) is 0 Å². The zero-order valence-electron chi connectivity index (χ0n) is 14.5. The van der Waals surface area contributed by atoms with Gasteiger partial charge in [-0.25, -0.2) is 0 Å². The molecule has 1 aromatic carbocycles. The molecule has 1 saturated heterocycles. The molecule has 0 aromatic heterocycles. The molecule has 1 heterocycles. The van der Waals surface area contributed by atoms with Crippen LogP contribution in [-0.4, -0.2) is 12.9 Å². The molecule has 0 saturated carbocycles. The quantitative estimate of drug-likeness (QED) is 0.646. The van der Waals surface area contributed by atoms with Gasteiger partial charge in [-0.1, -0.05) is 76.2 Å². The number of hydrogen-bond donors (Lipinski definition) is 0. The van der Waals surface area contributed by atoms with Crippen molar-refractivity contribution in [1.82, 2.24) is 0 Å². The summed E-state index contributed by atoms with van der Waals surface area (Å²) >= 11 is 0. The van der Waals surface area contributed by atoms with Crippen molar-refractivity contribution in [1.29, 1.82) is 0 Å². The van der Waals surface area contributed by atoms with Crippen molar-refractivity contribution in [2.45, 2.75) is 76.9 Å². The Morgan fingerprint density at radius 2 is 1.39 bits per heavy atom. The molecule has 1 fully saturated rings. The molecule has 0 radical (unpaired) electrons. The molecule has 1 aliphatic rings. The number of hydrogen-bond acceptors (Lipinski definition) is 2. The lowest BCUT2D eigenvalue weighted by atomic mass is 10.1. The summed E-state index contributed by atoms with van der Waals surface area (Å²) in [5.74, 6) is 0.890. The zero-order chi connectivity index (χ0) is 16.2. The molecular formula is C21H32O2. The van der Waals surface area contributed by atoms with Gasteiger partial charge >= 0.3 is 0 Å². The summed E-state index contributed by atoms with van der Waals surface area (Å²) in [6.07, 6.45) is 15.9. The first-order valence-corrected chi connectivity index (χ1v) is 9.39. The second-order valence-corrected chi connectivity index (χ2v) is 6.52. The molecule has 0 N–H and O–H groups in total. The lowest BCUT2D eigenvalue weighted by Gasteiger charge is -2.20. The third-order valence-electron chi connectivity index (χ3n) is 4.52. The van der Waals surface area contributed by atoms with Crippen molar-refractivity contribution in [2.24, 2.45) is 0 Å². The van der Waals surface area contributed by atoms with Gasteiger partial charge in [-0.2, -0.15) is 0 Å². The van der Waals surface area contributed by atoms with E-state index in [9.17, 15) is 0 Å². The van der Waals surface area contributed by atoms with Gasteiger partial charge in [0.25, 0.3) is 0 Å². The van der Waals surface area contributed by atoms with Crippen LogP contribution >= 0.6 is 0 Å². The molecule has 0 bridgehead atoms. The molecule has 1 aromatic rings. The van der Waals surface area contributed by atoms with Crippen LogP contribution in [-0.2, 0) is 4.74 Å². The van der Waals surface area contributed by atoms with Crippen LogP contribution < -0.4 is 4.74 Å². The highest BCUT2D eigenvalue weighted by Crippen LogP contribution is 2.19. The number of rotatable bonds is 3. The lowest BCUT2D eigenvalue weighted by molar-refractivity contribution is -0.0866. The van der Waals surface area contributed by atoms with E-state index in [0.29, 0.717) is 0 Å². The van der Waals surface area contributed by atoms with Gasteiger partial charge < -0.3 is 9.47 Å². The van der Waals surface area contributed by atoms with E-state index in [1.165, 1.54) is 57.8 Å². The number of benzene rings is 1. The maximum absolute atomic E-state index is 6.06. The second-order valence-electron chi connectivity index (χ2n) is 6.52. The molecule has 1 atom stereocenters. The van der Waals surface area contributed by atoms with Crippen LogP contribution in [0.4, 0.5) is 0 Å². The Balaban J connectivity index is 1.83. The Morgan fingerprint density at radius 1 is 0.826 bits per heavy atom. The standard InChI is InChI=1S/C21H32O2/c1-2-19-14-16-20(17-15-19)23-21-13-11-9-7-5-3-4-6-8-10-12-18-22-21/h2,14-17,21H,1,3-13,18H2. The molecule has 1 aliphatic heterocycles. The summed E-state index contributed by atoms with van der Waals surface area (Å²) < 4.78 is 12.1. The molecule has 2 rings (SSSR count). The fraction of sp³-hybridized carbons (Fsp3) is 0.619. The van der Waals surface area contributed by atoms with Crippen LogP contribution in [0.2, 0.25) is 0 Å². The van der Waals surface area contributed by atoms with E-state index in [4.69, 9.17) is 9.47 Å². The Kier molecular flexibility index (Phi) is 8.86. The van der Waals surface area contributed by atoms with Gasteiger partial charge in [-0.05, 0) is 30.5 Å². The average Bonchev–Trinajstić information content (AvgIpc) is 2.59. The molecule has 128 valence electrons. The van der Waals surface area contributed by atoms with Gasteiger partial charge in [0.05, 0.1) is 6.61 Å². The first-order valence-electron chi connectivity index (χ1n) is 9.39. The van der Waals surface area contributed by atoms with Gasteiger partial charge in [-0.3, -0.25) is 0 Å². The molecule has 2 nitrogen and oxygen atoms in total. The van der Waals surface area contributed by atoms with Crippen LogP contribution in [0.15, 0.2) is 30.8 Å². The third-order valence-corrected chi connectivity index (χ3v) is 4.52. The highest BCUT2D eigenvalue weighted by molar-refractivity contribution is 5.48. The van der Waals surface area contributed by atoms with Gasteiger partial charge in [0, 0.05) is 6.42 Å². The third kappa shape index (κ3) is 7.69. The lowest BCUT2D eigenvalue weighted by Crippen LogP contribution is -2.21. The van der Waals surface area contributed by atoms with Crippen LogP contribution in [0.5, 0.6) is 5.75 Å². The molecule has 23 heavy (non-hydrogen) atoms. The smallest absolute Gasteiger partial charge is 0.199 e. The van der Waals surface area contributed by atoms with Gasteiger partial charge in [0.1, 0.15) is 5.75 Å². The maximum atomic E-state index is 6.06. The Labute approximate surface area is 141 Å². The highest BCUT2D eigenvalue weighted by Gasteiger charge is 2.11. The summed E-state index contributed by atoms with van der Waals surface area (Å²) in [7, 11) is 0. The van der Waals surface area contributed by atoms with Crippen molar-refractivity contribution in [3.05, 3.63) is 36.4 Å². The fourth-order valence-corrected chi connectivity index (χ4v) is 3.05. The van der Waals surface area contributed by atoms with E-state index in [1.54, 1.807) is 0 Å². The molecule has 1 unspecified atom stereocenters. The van der Waals surface area contributed by atoms with Gasteiger partial charge in [-0.15, -0.1) is 0 Å². The van der Waals surface area contributed by atoms with E-state index in [1.807, 2.05) is 30.3 Å². The summed E-state index contributed by atoms with van der Waals surface area (Å²) in [6.45, 7) is 4.60. The molecule has 0 spiro atoms. The van der Waals surface area contributed by atoms with Crippen LogP contribution in [0.1, 0.15) is 76.2 Å².